The van der Waals surface area contributed by atoms with Crippen LogP contribution >= 0.6 is 0 Å². The van der Waals surface area contributed by atoms with Crippen LogP contribution in [0.2, 0.25) is 0 Å². The number of nitrogens with one attached hydrogen (secondary N) is 1. The number of ether oxygens (including phenoxy) is 3. The smallest absolute Gasteiger partial charge is 0.343 e. The van der Waals surface area contributed by atoms with E-state index >= 15 is 0 Å². The Morgan fingerprint density at radius 1 is 0.893 bits per heavy atom. The number of imidazole rings is 1. The Morgan fingerprint density at radius 2 is 1.68 bits per heavy atom. The molecule has 140 valence electrons. The zero-order valence-electron chi connectivity index (χ0n) is 15.4. The molecular formula is C22H18N2O4. The Hall–Kier alpha value is -3.80. The molecule has 0 aliphatic carbocycles. The number of methoxy groups -OCH3 is 2. The SMILES string of the molecule is COc1ccc(C(=O)Oc2ccc(-c3nc4ccccc4[nH]3)cc2OC)cc1. The van der Waals surface area contributed by atoms with Crippen molar-refractivity contribution in [1.29, 1.82) is 0 Å². The lowest BCUT2D eigenvalue weighted by molar-refractivity contribution is 0.0729. The van der Waals surface area contributed by atoms with Crippen LogP contribution in [-0.4, -0.2) is 30.2 Å². The largest absolute Gasteiger partial charge is 0.497 e. The first kappa shape index (κ1) is 17.6. The molecule has 6 heteroatoms. The Morgan fingerprint density at radius 3 is 2.39 bits per heavy atom. The molecule has 0 atom stereocenters. The fourth-order valence-corrected chi connectivity index (χ4v) is 2.87. The van der Waals surface area contributed by atoms with Crippen LogP contribution in [0.4, 0.5) is 0 Å². The number of hydrogen-bond donors (Lipinski definition) is 1. The van der Waals surface area contributed by atoms with Crippen molar-refractivity contribution < 1.29 is 19.0 Å². The molecule has 0 aliphatic rings. The van der Waals surface area contributed by atoms with Gasteiger partial charge in [-0.05, 0) is 54.6 Å². The van der Waals surface area contributed by atoms with E-state index in [0.717, 1.165) is 16.6 Å². The summed E-state index contributed by atoms with van der Waals surface area (Å²) in [5.74, 6) is 1.69. The Labute approximate surface area is 161 Å². The van der Waals surface area contributed by atoms with Crippen LogP contribution in [0.1, 0.15) is 10.4 Å². The highest BCUT2D eigenvalue weighted by Gasteiger charge is 2.15. The third kappa shape index (κ3) is 3.40. The number of aromatic nitrogens is 2. The highest BCUT2D eigenvalue weighted by molar-refractivity contribution is 5.91. The second-order valence-corrected chi connectivity index (χ2v) is 6.09. The lowest BCUT2D eigenvalue weighted by atomic mass is 10.2. The number of carbonyl (C=O) groups excluding carboxylic acids is 1. The van der Waals surface area contributed by atoms with Gasteiger partial charge < -0.3 is 19.2 Å². The van der Waals surface area contributed by atoms with E-state index in [0.29, 0.717) is 28.6 Å². The summed E-state index contributed by atoms with van der Waals surface area (Å²) in [6, 6.07) is 19.8. The number of fused-ring (bicyclic) bond motifs is 1. The fourth-order valence-electron chi connectivity index (χ4n) is 2.87. The lowest BCUT2D eigenvalue weighted by Crippen LogP contribution is -2.09. The fraction of sp³-hybridized carbons (Fsp3) is 0.0909. The first-order valence-corrected chi connectivity index (χ1v) is 8.67. The van der Waals surface area contributed by atoms with Crippen LogP contribution in [-0.2, 0) is 0 Å². The van der Waals surface area contributed by atoms with E-state index in [-0.39, 0.29) is 0 Å². The normalized spacial score (nSPS) is 10.6. The Kier molecular flexibility index (Phi) is 4.68. The van der Waals surface area contributed by atoms with E-state index in [2.05, 4.69) is 9.97 Å². The average molecular weight is 374 g/mol. The van der Waals surface area contributed by atoms with Crippen LogP contribution < -0.4 is 14.2 Å². The van der Waals surface area contributed by atoms with E-state index in [4.69, 9.17) is 14.2 Å². The van der Waals surface area contributed by atoms with E-state index in [9.17, 15) is 4.79 Å². The molecule has 0 saturated carbocycles. The number of carbonyl (C=O) groups is 1. The maximum atomic E-state index is 12.4. The summed E-state index contributed by atoms with van der Waals surface area (Å²) in [4.78, 5) is 20.3. The van der Waals surface area contributed by atoms with Gasteiger partial charge in [0.2, 0.25) is 0 Å². The van der Waals surface area contributed by atoms with Gasteiger partial charge in [0, 0.05) is 5.56 Å². The van der Waals surface area contributed by atoms with Crippen molar-refractivity contribution in [2.45, 2.75) is 0 Å². The van der Waals surface area contributed by atoms with Crippen LogP contribution in [0.5, 0.6) is 17.2 Å². The third-order valence-electron chi connectivity index (χ3n) is 4.35. The number of hydrogen-bond acceptors (Lipinski definition) is 5. The summed E-state index contributed by atoms with van der Waals surface area (Å²) in [6.07, 6.45) is 0. The van der Waals surface area contributed by atoms with E-state index in [1.165, 1.54) is 7.11 Å². The molecule has 0 saturated heterocycles. The topological polar surface area (TPSA) is 73.4 Å². The van der Waals surface area contributed by atoms with E-state index in [1.807, 2.05) is 30.3 Å². The molecule has 0 radical (unpaired) electrons. The predicted octanol–water partition coefficient (Wildman–Crippen LogP) is 4.47. The quantitative estimate of drug-likeness (QED) is 0.412. The summed E-state index contributed by atoms with van der Waals surface area (Å²) in [6.45, 7) is 0. The number of benzene rings is 3. The average Bonchev–Trinajstić information content (AvgIpc) is 3.18. The van der Waals surface area contributed by atoms with Gasteiger partial charge in [-0.3, -0.25) is 0 Å². The van der Waals surface area contributed by atoms with Gasteiger partial charge in [0.05, 0.1) is 30.8 Å². The molecule has 0 spiro atoms. The first-order chi connectivity index (χ1) is 13.7. The minimum atomic E-state index is -0.475. The van der Waals surface area contributed by atoms with E-state index < -0.39 is 5.97 Å². The van der Waals surface area contributed by atoms with Gasteiger partial charge >= 0.3 is 5.97 Å². The van der Waals surface area contributed by atoms with Crippen molar-refractivity contribution in [2.75, 3.05) is 14.2 Å². The van der Waals surface area contributed by atoms with Gasteiger partial charge in [0.1, 0.15) is 11.6 Å². The maximum absolute atomic E-state index is 12.4. The van der Waals surface area contributed by atoms with Gasteiger partial charge in [-0.15, -0.1) is 0 Å². The van der Waals surface area contributed by atoms with Gasteiger partial charge in [-0.25, -0.2) is 9.78 Å². The molecular weight excluding hydrogens is 356 g/mol. The molecule has 0 fully saturated rings. The minimum Gasteiger partial charge on any atom is -0.497 e. The highest BCUT2D eigenvalue weighted by atomic mass is 16.6. The molecule has 0 amide bonds. The van der Waals surface area contributed by atoms with Gasteiger partial charge in [0.15, 0.2) is 11.5 Å². The number of aromatic amines is 1. The first-order valence-electron chi connectivity index (χ1n) is 8.67. The number of rotatable bonds is 5. The molecule has 4 aromatic rings. The molecule has 0 aliphatic heterocycles. The zero-order chi connectivity index (χ0) is 19.5. The van der Waals surface area contributed by atoms with Gasteiger partial charge in [-0.1, -0.05) is 12.1 Å². The van der Waals surface area contributed by atoms with Crippen molar-refractivity contribution in [3.05, 3.63) is 72.3 Å². The Balaban J connectivity index is 1.60. The van der Waals surface area contributed by atoms with Gasteiger partial charge in [0.25, 0.3) is 0 Å². The molecule has 28 heavy (non-hydrogen) atoms. The maximum Gasteiger partial charge on any atom is 0.343 e. The van der Waals surface area contributed by atoms with Crippen molar-refractivity contribution in [3.63, 3.8) is 0 Å². The standard InChI is InChI=1S/C22H18N2O4/c1-26-16-10-7-14(8-11-16)22(25)28-19-12-9-15(13-20(19)27-2)21-23-17-5-3-4-6-18(17)24-21/h3-13H,1-2H3,(H,23,24). The molecule has 0 bridgehead atoms. The van der Waals surface area contributed by atoms with Crippen molar-refractivity contribution in [2.24, 2.45) is 0 Å². The predicted molar refractivity (Wildman–Crippen MR) is 106 cm³/mol. The molecule has 3 aromatic carbocycles. The molecule has 1 N–H and O–H groups in total. The summed E-state index contributed by atoms with van der Waals surface area (Å²) < 4.78 is 16.0. The summed E-state index contributed by atoms with van der Waals surface area (Å²) in [7, 11) is 3.10. The van der Waals surface area contributed by atoms with Crippen LogP contribution in [0.25, 0.3) is 22.4 Å². The van der Waals surface area contributed by atoms with E-state index in [1.54, 1.807) is 43.5 Å². The molecule has 0 unspecified atom stereocenters. The summed E-state index contributed by atoms with van der Waals surface area (Å²) in [5.41, 5.74) is 3.08. The molecule has 1 aromatic heterocycles. The lowest BCUT2D eigenvalue weighted by Gasteiger charge is -2.10. The van der Waals surface area contributed by atoms with Crippen LogP contribution in [0.15, 0.2) is 66.7 Å². The number of para-hydroxylation sites is 2. The van der Waals surface area contributed by atoms with Crippen molar-refractivity contribution in [1.82, 2.24) is 9.97 Å². The molecule has 4 rings (SSSR count). The number of esters is 1. The van der Waals surface area contributed by atoms with Crippen LogP contribution in [0.3, 0.4) is 0 Å². The van der Waals surface area contributed by atoms with Crippen LogP contribution in [0, 0.1) is 0 Å². The Bertz CT molecular complexity index is 1100. The highest BCUT2D eigenvalue weighted by Crippen LogP contribution is 2.33. The number of H-pyrrole nitrogens is 1. The van der Waals surface area contributed by atoms with Crippen molar-refractivity contribution >= 4 is 17.0 Å². The molecule has 1 heterocycles. The summed E-state index contributed by atoms with van der Waals surface area (Å²) in [5, 5.41) is 0. The molecule has 6 nitrogen and oxygen atoms in total. The number of nitrogens with zero attached hydrogens (tertiary/aromatic N) is 1. The van der Waals surface area contributed by atoms with Gasteiger partial charge in [-0.2, -0.15) is 0 Å². The zero-order valence-corrected chi connectivity index (χ0v) is 15.4. The second kappa shape index (κ2) is 7.44. The second-order valence-electron chi connectivity index (χ2n) is 6.09. The minimum absolute atomic E-state index is 0.336. The monoisotopic (exact) mass is 374 g/mol. The third-order valence-corrected chi connectivity index (χ3v) is 4.35. The summed E-state index contributed by atoms with van der Waals surface area (Å²) >= 11 is 0. The van der Waals surface area contributed by atoms with Crippen molar-refractivity contribution in [3.8, 4) is 28.6 Å².